The van der Waals surface area contributed by atoms with Crippen molar-refractivity contribution in [2.45, 2.75) is 19.8 Å². The molecule has 5 heteroatoms. The molecule has 88 valence electrons. The largest absolute Gasteiger partial charge is 0.362 e. The van der Waals surface area contributed by atoms with E-state index in [0.717, 1.165) is 19.4 Å². The molecule has 0 radical (unpaired) electrons. The number of hydrogen-bond acceptors (Lipinski definition) is 1. The summed E-state index contributed by atoms with van der Waals surface area (Å²) in [6.45, 7) is 2.86. The lowest BCUT2D eigenvalue weighted by Crippen LogP contribution is -2.29. The van der Waals surface area contributed by atoms with Crippen LogP contribution in [0.5, 0.6) is 0 Å². The van der Waals surface area contributed by atoms with E-state index in [2.05, 4.69) is 17.6 Å². The minimum atomic E-state index is -0.410. The zero-order chi connectivity index (χ0) is 12.0. The Labute approximate surface area is 105 Å². The maximum atomic E-state index is 13.4. The smallest absolute Gasteiger partial charge is 0.170 e. The van der Waals surface area contributed by atoms with Crippen LogP contribution in [0.4, 0.5) is 10.1 Å². The minimum Gasteiger partial charge on any atom is -0.362 e. The highest BCUT2D eigenvalue weighted by molar-refractivity contribution is 7.80. The standard InChI is InChI=1S/C11H14ClFN2S/c1-2-3-7-14-11(16)15-10-8(12)5-4-6-9(10)13/h4-6H,2-3,7H2,1H3,(H2,14,15,16). The summed E-state index contributed by atoms with van der Waals surface area (Å²) in [4.78, 5) is 0. The van der Waals surface area contributed by atoms with Crippen molar-refractivity contribution in [2.75, 3.05) is 11.9 Å². The third-order valence-electron chi connectivity index (χ3n) is 2.02. The van der Waals surface area contributed by atoms with Gasteiger partial charge in [-0.25, -0.2) is 4.39 Å². The molecule has 0 aromatic heterocycles. The van der Waals surface area contributed by atoms with Crippen LogP contribution in [0.2, 0.25) is 5.02 Å². The highest BCUT2D eigenvalue weighted by Crippen LogP contribution is 2.24. The number of anilines is 1. The fourth-order valence-corrected chi connectivity index (χ4v) is 1.57. The lowest BCUT2D eigenvalue weighted by Gasteiger charge is -2.11. The van der Waals surface area contributed by atoms with Crippen molar-refractivity contribution >= 4 is 34.6 Å². The van der Waals surface area contributed by atoms with Crippen molar-refractivity contribution in [3.05, 3.63) is 29.0 Å². The summed E-state index contributed by atoms with van der Waals surface area (Å²) in [5.41, 5.74) is 0.221. The molecule has 1 aromatic carbocycles. The van der Waals surface area contributed by atoms with Gasteiger partial charge in [-0.05, 0) is 30.8 Å². The first-order valence-corrected chi connectivity index (χ1v) is 5.92. The number of halogens is 2. The zero-order valence-electron chi connectivity index (χ0n) is 9.02. The predicted octanol–water partition coefficient (Wildman–Crippen LogP) is 3.57. The van der Waals surface area contributed by atoms with E-state index in [1.54, 1.807) is 12.1 Å². The lowest BCUT2D eigenvalue weighted by atomic mass is 10.3. The summed E-state index contributed by atoms with van der Waals surface area (Å²) in [5.74, 6) is -0.410. The summed E-state index contributed by atoms with van der Waals surface area (Å²) in [5, 5.41) is 6.44. The molecule has 0 saturated carbocycles. The Balaban J connectivity index is 2.56. The van der Waals surface area contributed by atoms with Gasteiger partial charge in [0, 0.05) is 6.54 Å². The van der Waals surface area contributed by atoms with Gasteiger partial charge in [0.05, 0.1) is 10.7 Å². The van der Waals surface area contributed by atoms with Crippen LogP contribution >= 0.6 is 23.8 Å². The number of para-hydroxylation sites is 1. The van der Waals surface area contributed by atoms with E-state index >= 15 is 0 Å². The third kappa shape index (κ3) is 3.94. The Bertz CT molecular complexity index is 351. The van der Waals surface area contributed by atoms with Gasteiger partial charge in [0.1, 0.15) is 5.82 Å². The Kier molecular flexibility index (Phi) is 5.49. The van der Waals surface area contributed by atoms with Gasteiger partial charge in [0.25, 0.3) is 0 Å². The second-order valence-electron chi connectivity index (χ2n) is 3.33. The molecule has 0 aliphatic heterocycles. The molecule has 0 spiro atoms. The van der Waals surface area contributed by atoms with Crippen molar-refractivity contribution in [1.82, 2.24) is 5.32 Å². The first-order chi connectivity index (χ1) is 7.65. The first-order valence-electron chi connectivity index (χ1n) is 5.14. The molecule has 0 amide bonds. The van der Waals surface area contributed by atoms with Gasteiger partial charge in [-0.15, -0.1) is 0 Å². The van der Waals surface area contributed by atoms with E-state index in [-0.39, 0.29) is 5.69 Å². The zero-order valence-corrected chi connectivity index (χ0v) is 10.6. The van der Waals surface area contributed by atoms with Crippen molar-refractivity contribution in [1.29, 1.82) is 0 Å². The van der Waals surface area contributed by atoms with Crippen LogP contribution in [0.15, 0.2) is 18.2 Å². The number of unbranched alkanes of at least 4 members (excludes halogenated alkanes) is 1. The van der Waals surface area contributed by atoms with E-state index in [1.165, 1.54) is 6.07 Å². The second-order valence-corrected chi connectivity index (χ2v) is 4.15. The Morgan fingerprint density at radius 1 is 1.50 bits per heavy atom. The van der Waals surface area contributed by atoms with Crippen LogP contribution in [0, 0.1) is 5.82 Å². The van der Waals surface area contributed by atoms with Crippen LogP contribution < -0.4 is 10.6 Å². The maximum Gasteiger partial charge on any atom is 0.170 e. The highest BCUT2D eigenvalue weighted by Gasteiger charge is 2.07. The number of nitrogens with one attached hydrogen (secondary N) is 2. The van der Waals surface area contributed by atoms with E-state index in [0.29, 0.717) is 10.1 Å². The van der Waals surface area contributed by atoms with E-state index < -0.39 is 5.82 Å². The molecule has 16 heavy (non-hydrogen) atoms. The van der Waals surface area contributed by atoms with Crippen molar-refractivity contribution in [3.8, 4) is 0 Å². The fraction of sp³-hybridized carbons (Fsp3) is 0.364. The van der Waals surface area contributed by atoms with E-state index in [9.17, 15) is 4.39 Å². The molecule has 2 nitrogen and oxygen atoms in total. The molecular weight excluding hydrogens is 247 g/mol. The van der Waals surface area contributed by atoms with Gasteiger partial charge in [-0.1, -0.05) is 31.0 Å². The van der Waals surface area contributed by atoms with Gasteiger partial charge < -0.3 is 10.6 Å². The molecule has 0 saturated heterocycles. The molecular formula is C11H14ClFN2S. The molecule has 0 heterocycles. The monoisotopic (exact) mass is 260 g/mol. The number of thiocarbonyl (C=S) groups is 1. The molecule has 0 atom stereocenters. The Hall–Kier alpha value is -0.870. The van der Waals surface area contributed by atoms with Crippen molar-refractivity contribution in [3.63, 3.8) is 0 Å². The summed E-state index contributed by atoms with van der Waals surface area (Å²) >= 11 is 10.9. The van der Waals surface area contributed by atoms with Crippen LogP contribution in [-0.2, 0) is 0 Å². The molecule has 0 unspecified atom stereocenters. The minimum absolute atomic E-state index is 0.221. The average Bonchev–Trinajstić information content (AvgIpc) is 2.24. The van der Waals surface area contributed by atoms with Crippen LogP contribution in [-0.4, -0.2) is 11.7 Å². The van der Waals surface area contributed by atoms with Crippen LogP contribution in [0.3, 0.4) is 0 Å². The topological polar surface area (TPSA) is 24.1 Å². The van der Waals surface area contributed by atoms with Crippen molar-refractivity contribution in [2.24, 2.45) is 0 Å². The molecule has 0 fully saturated rings. The van der Waals surface area contributed by atoms with Gasteiger partial charge in [-0.2, -0.15) is 0 Å². The molecule has 0 aliphatic carbocycles. The molecule has 0 aliphatic rings. The number of rotatable bonds is 4. The van der Waals surface area contributed by atoms with Gasteiger partial charge in [0.2, 0.25) is 0 Å². The quantitative estimate of drug-likeness (QED) is 0.639. The number of benzene rings is 1. The van der Waals surface area contributed by atoms with E-state index in [4.69, 9.17) is 23.8 Å². The average molecular weight is 261 g/mol. The van der Waals surface area contributed by atoms with Crippen LogP contribution in [0.25, 0.3) is 0 Å². The lowest BCUT2D eigenvalue weighted by molar-refractivity contribution is 0.632. The summed E-state index contributed by atoms with van der Waals surface area (Å²) in [6, 6.07) is 4.50. The third-order valence-corrected chi connectivity index (χ3v) is 2.58. The molecule has 1 aromatic rings. The summed E-state index contributed by atoms with van der Waals surface area (Å²) in [7, 11) is 0. The normalized spacial score (nSPS) is 9.94. The van der Waals surface area contributed by atoms with Gasteiger partial charge in [-0.3, -0.25) is 0 Å². The summed E-state index contributed by atoms with van der Waals surface area (Å²) in [6.07, 6.45) is 2.10. The van der Waals surface area contributed by atoms with Gasteiger partial charge >= 0.3 is 0 Å². The maximum absolute atomic E-state index is 13.4. The predicted molar refractivity (Wildman–Crippen MR) is 70.5 cm³/mol. The summed E-state index contributed by atoms with van der Waals surface area (Å²) < 4.78 is 13.4. The number of hydrogen-bond donors (Lipinski definition) is 2. The van der Waals surface area contributed by atoms with E-state index in [1.807, 2.05) is 0 Å². The molecule has 0 bridgehead atoms. The highest BCUT2D eigenvalue weighted by atomic mass is 35.5. The van der Waals surface area contributed by atoms with Crippen molar-refractivity contribution < 1.29 is 4.39 Å². The van der Waals surface area contributed by atoms with Crippen LogP contribution in [0.1, 0.15) is 19.8 Å². The molecule has 1 rings (SSSR count). The SMILES string of the molecule is CCCCNC(=S)Nc1c(F)cccc1Cl. The fourth-order valence-electron chi connectivity index (χ4n) is 1.15. The first kappa shape index (κ1) is 13.2. The Morgan fingerprint density at radius 2 is 2.25 bits per heavy atom. The Morgan fingerprint density at radius 3 is 2.88 bits per heavy atom. The van der Waals surface area contributed by atoms with Gasteiger partial charge in [0.15, 0.2) is 5.11 Å². The molecule has 2 N–H and O–H groups in total. The second kappa shape index (κ2) is 6.66.